The minimum Gasteiger partial charge on any atom is -0.380 e. The van der Waals surface area contributed by atoms with Gasteiger partial charge >= 0.3 is 7.82 Å². The van der Waals surface area contributed by atoms with Gasteiger partial charge in [-0.3, -0.25) is 9.09 Å². The molecule has 1 saturated heterocycles. The summed E-state index contributed by atoms with van der Waals surface area (Å²) in [5.41, 5.74) is 0.782. The number of aliphatic hydroxyl groups is 1. The van der Waals surface area contributed by atoms with Gasteiger partial charge in [0, 0.05) is 14.1 Å². The van der Waals surface area contributed by atoms with Crippen molar-refractivity contribution in [2.75, 3.05) is 24.7 Å². The second-order valence-corrected chi connectivity index (χ2v) is 7.92. The monoisotopic (exact) mass is 414 g/mol. The minimum atomic E-state index is -5.00. The van der Waals surface area contributed by atoms with Crippen LogP contribution in [0.4, 0.5) is 16.2 Å². The molecule has 0 radical (unpaired) electrons. The largest absolute Gasteiger partial charge is 0.470 e. The van der Waals surface area contributed by atoms with Crippen molar-refractivity contribution < 1.29 is 33.1 Å². The van der Waals surface area contributed by atoms with Crippen LogP contribution in [-0.4, -0.2) is 72.0 Å². The third-order valence-electron chi connectivity index (χ3n) is 4.79. The molecule has 1 unspecified atom stereocenters. The number of anilines is 2. The van der Waals surface area contributed by atoms with Gasteiger partial charge < -0.3 is 30.3 Å². The van der Waals surface area contributed by atoms with Gasteiger partial charge in [0.1, 0.15) is 12.2 Å². The first-order valence-electron chi connectivity index (χ1n) is 7.90. The molecule has 28 heavy (non-hydrogen) atoms. The molecule has 3 heterocycles. The van der Waals surface area contributed by atoms with E-state index in [9.17, 15) is 9.67 Å². The number of alkyl halides is 1. The summed E-state index contributed by atoms with van der Waals surface area (Å²) in [6, 6.07) is 0. The molecule has 1 aliphatic heterocycles. The van der Waals surface area contributed by atoms with Crippen LogP contribution < -0.4 is 10.6 Å². The summed E-state index contributed by atoms with van der Waals surface area (Å²) in [6.45, 7) is 0. The number of phosphoric ester groups is 1. The van der Waals surface area contributed by atoms with E-state index in [4.69, 9.17) is 26.7 Å². The highest BCUT2D eigenvalue weighted by Gasteiger charge is 2.86. The lowest BCUT2D eigenvalue weighted by molar-refractivity contribution is -0.0924. The van der Waals surface area contributed by atoms with Crippen molar-refractivity contribution in [1.29, 1.82) is 0 Å². The predicted molar refractivity (Wildman–Crippen MR) is 92.5 cm³/mol. The van der Waals surface area contributed by atoms with Crippen LogP contribution in [0.15, 0.2) is 6.33 Å². The number of nitrogens with zero attached hydrogens (tertiary/aromatic N) is 5. The summed E-state index contributed by atoms with van der Waals surface area (Å²) in [7, 11) is -1.60. The van der Waals surface area contributed by atoms with Gasteiger partial charge in [-0.2, -0.15) is 9.97 Å². The van der Waals surface area contributed by atoms with E-state index in [1.54, 1.807) is 19.0 Å². The fourth-order valence-corrected chi connectivity index (χ4v) is 4.03. The Labute approximate surface area is 157 Å². The lowest BCUT2D eigenvalue weighted by atomic mass is 9.96. The van der Waals surface area contributed by atoms with E-state index in [1.807, 2.05) is 5.92 Å². The zero-order valence-electron chi connectivity index (χ0n) is 14.6. The number of phosphoric acid groups is 1. The first-order valence-corrected chi connectivity index (χ1v) is 9.43. The molecule has 0 spiro atoms. The normalized spacial score (nSPS) is 34.2. The first-order chi connectivity index (χ1) is 12.9. The van der Waals surface area contributed by atoms with Crippen molar-refractivity contribution in [3.05, 3.63) is 6.33 Å². The Morgan fingerprint density at radius 1 is 1.50 bits per heavy atom. The Bertz CT molecular complexity index is 1070. The molecule has 1 aliphatic carbocycles. The van der Waals surface area contributed by atoms with E-state index in [0.717, 1.165) is 4.57 Å². The van der Waals surface area contributed by atoms with Gasteiger partial charge in [-0.15, -0.1) is 6.42 Å². The van der Waals surface area contributed by atoms with Crippen LogP contribution in [0.1, 0.15) is 6.23 Å². The lowest BCUT2D eigenvalue weighted by Crippen LogP contribution is -2.46. The van der Waals surface area contributed by atoms with Crippen molar-refractivity contribution in [2.45, 2.75) is 29.7 Å². The van der Waals surface area contributed by atoms with Gasteiger partial charge in [0.2, 0.25) is 11.6 Å². The summed E-state index contributed by atoms with van der Waals surface area (Å²) in [5, 5.41) is 10.6. The molecule has 2 aliphatic rings. The second kappa shape index (κ2) is 5.60. The molecule has 150 valence electrons. The number of nitrogen functional groups attached to an aromatic ring is 1. The molecule has 2 fully saturated rings. The van der Waals surface area contributed by atoms with Gasteiger partial charge in [-0.05, 0) is 0 Å². The smallest absolute Gasteiger partial charge is 0.380 e. The Balaban J connectivity index is 1.78. The molecule has 14 heteroatoms. The fraction of sp³-hybridized carbons (Fsp3) is 0.500. The quantitative estimate of drug-likeness (QED) is 0.355. The third kappa shape index (κ3) is 2.37. The number of ether oxygens (including phenoxy) is 1. The zero-order chi connectivity index (χ0) is 20.6. The molecule has 2 aromatic rings. The number of imidazole rings is 1. The second-order valence-electron chi connectivity index (χ2n) is 6.73. The maximum absolute atomic E-state index is 15.7. The molecule has 5 atom stereocenters. The number of fused-ring (bicyclic) bond motifs is 2. The third-order valence-corrected chi connectivity index (χ3v) is 5.29. The highest BCUT2D eigenvalue weighted by atomic mass is 31.2. The number of hydrogen-bond acceptors (Lipinski definition) is 9. The Kier molecular flexibility index (Phi) is 3.80. The van der Waals surface area contributed by atoms with E-state index in [1.165, 1.54) is 6.33 Å². The Morgan fingerprint density at radius 2 is 2.18 bits per heavy atom. The first kappa shape index (κ1) is 19.0. The van der Waals surface area contributed by atoms with Crippen molar-refractivity contribution >= 4 is 30.8 Å². The number of aromatic nitrogens is 4. The SMILES string of the molecule is C#C[C@]1(F)[C@H](n2cnc3c(N(C)C)nc(N)nc32)O[C@@H]2C(OP(=O)(O)O)[C@@]21O. The summed E-state index contributed by atoms with van der Waals surface area (Å²) in [5.74, 6) is 2.10. The number of terminal acetylenes is 1. The highest BCUT2D eigenvalue weighted by molar-refractivity contribution is 7.46. The fourth-order valence-electron chi connectivity index (χ4n) is 3.46. The van der Waals surface area contributed by atoms with Crippen molar-refractivity contribution in [2.24, 2.45) is 0 Å². The molecule has 0 bridgehead atoms. The van der Waals surface area contributed by atoms with Crippen LogP contribution >= 0.6 is 7.82 Å². The minimum absolute atomic E-state index is 0.104. The number of halogens is 1. The van der Waals surface area contributed by atoms with E-state index in [0.29, 0.717) is 5.82 Å². The molecule has 4 rings (SSSR count). The molecule has 0 amide bonds. The van der Waals surface area contributed by atoms with Crippen LogP contribution in [0.3, 0.4) is 0 Å². The average Bonchev–Trinajstić information content (AvgIpc) is 2.90. The summed E-state index contributed by atoms with van der Waals surface area (Å²) < 4.78 is 37.8. The van der Waals surface area contributed by atoms with Gasteiger partial charge in [0.15, 0.2) is 28.8 Å². The molecule has 5 N–H and O–H groups in total. The number of rotatable bonds is 4. The van der Waals surface area contributed by atoms with E-state index in [-0.39, 0.29) is 17.1 Å². The maximum atomic E-state index is 15.7. The molecule has 1 saturated carbocycles. The van der Waals surface area contributed by atoms with E-state index in [2.05, 4.69) is 19.5 Å². The molecule has 12 nitrogen and oxygen atoms in total. The number of hydrogen-bond donors (Lipinski definition) is 4. The number of nitrogens with two attached hydrogens (primary N) is 1. The maximum Gasteiger partial charge on any atom is 0.470 e. The summed E-state index contributed by atoms with van der Waals surface area (Å²) in [6.07, 6.45) is 1.93. The topological polar surface area (TPSA) is 169 Å². The zero-order valence-corrected chi connectivity index (χ0v) is 15.5. The van der Waals surface area contributed by atoms with Gasteiger partial charge in [0.25, 0.3) is 0 Å². The van der Waals surface area contributed by atoms with Crippen LogP contribution in [0.2, 0.25) is 0 Å². The van der Waals surface area contributed by atoms with Gasteiger partial charge in [-0.1, -0.05) is 5.92 Å². The summed E-state index contributed by atoms with van der Waals surface area (Å²) in [4.78, 5) is 31.8. The van der Waals surface area contributed by atoms with Crippen LogP contribution in [-0.2, 0) is 13.8 Å². The Morgan fingerprint density at radius 3 is 2.75 bits per heavy atom. The molecular weight excluding hydrogens is 398 g/mol. The standard InChI is InChI=1S/C14H16FN6O6P/c1-4-13(15)11(26-7-8(14(7,13)22)27-28(23,24)25)21-5-17-6-9(20(2)3)18-12(16)19-10(6)21/h1,5,7-8,11,22H,2-3H3,(H2,16,18,19)(H2,23,24,25)/t7-,8?,11-,13+,14+/m1/s1. The van der Waals surface area contributed by atoms with Crippen LogP contribution in [0.5, 0.6) is 0 Å². The lowest BCUT2D eigenvalue weighted by Gasteiger charge is -2.29. The van der Waals surface area contributed by atoms with Gasteiger partial charge in [-0.25, -0.2) is 13.9 Å². The summed E-state index contributed by atoms with van der Waals surface area (Å²) >= 11 is 0. The molecule has 0 aromatic carbocycles. The van der Waals surface area contributed by atoms with Gasteiger partial charge in [0.05, 0.1) is 6.33 Å². The highest BCUT2D eigenvalue weighted by Crippen LogP contribution is 2.65. The average molecular weight is 414 g/mol. The Hall–Kier alpha value is -2.33. The van der Waals surface area contributed by atoms with Crippen molar-refractivity contribution in [3.8, 4) is 12.3 Å². The van der Waals surface area contributed by atoms with Crippen molar-refractivity contribution in [3.63, 3.8) is 0 Å². The van der Waals surface area contributed by atoms with Crippen molar-refractivity contribution in [1.82, 2.24) is 19.5 Å². The molecule has 2 aromatic heterocycles. The van der Waals surface area contributed by atoms with Crippen LogP contribution in [0.25, 0.3) is 11.2 Å². The van der Waals surface area contributed by atoms with E-state index < -0.39 is 37.5 Å². The van der Waals surface area contributed by atoms with E-state index >= 15 is 4.39 Å². The molecular formula is C14H16FN6O6P. The predicted octanol–water partition coefficient (Wildman–Crippen LogP) is -1.06. The van der Waals surface area contributed by atoms with Crippen LogP contribution in [0, 0.1) is 12.3 Å².